The van der Waals surface area contributed by atoms with Crippen molar-refractivity contribution >= 4 is 63.7 Å². The molecule has 0 aromatic carbocycles. The summed E-state index contributed by atoms with van der Waals surface area (Å²) in [4.78, 5) is 0. The van der Waals surface area contributed by atoms with Gasteiger partial charge in [0.2, 0.25) is 0 Å². The number of alkyl halides is 8. The molecule has 0 atom stereocenters. The van der Waals surface area contributed by atoms with Gasteiger partial charge in [-0.25, -0.2) is 4.39 Å². The van der Waals surface area contributed by atoms with Crippen molar-refractivity contribution in [2.45, 2.75) is 8.32 Å². The second-order valence-corrected chi connectivity index (χ2v) is 9.31. The Morgan fingerprint density at radius 1 is 1.00 bits per heavy atom. The molecule has 0 saturated heterocycles. The van der Waals surface area contributed by atoms with E-state index in [1.165, 1.54) is 0 Å². The van der Waals surface area contributed by atoms with Gasteiger partial charge in [-0.15, -0.1) is 0 Å². The van der Waals surface area contributed by atoms with E-state index < -0.39 is 12.9 Å². The van der Waals surface area contributed by atoms with Crippen LogP contribution in [-0.4, -0.2) is 20.3 Å². The molecule has 0 bridgehead atoms. The molecule has 0 radical (unpaired) electrons. The highest BCUT2D eigenvalue weighted by Crippen LogP contribution is 2.34. The zero-order valence-corrected chi connectivity index (χ0v) is 11.8. The first kappa shape index (κ1) is 16.1. The summed E-state index contributed by atoms with van der Waals surface area (Å²) >= 11 is 13.0. The fourth-order valence-electron chi connectivity index (χ4n) is 0. The third-order valence-corrected chi connectivity index (χ3v) is 4.24. The van der Waals surface area contributed by atoms with Crippen LogP contribution < -0.4 is 0 Å². The van der Waals surface area contributed by atoms with Crippen molar-refractivity contribution in [3.63, 3.8) is 0 Å². The van der Waals surface area contributed by atoms with Gasteiger partial charge < -0.3 is 0 Å². The molecule has 8 heteroatoms. The summed E-state index contributed by atoms with van der Waals surface area (Å²) in [7, 11) is 0. The molecule has 0 fully saturated rings. The lowest BCUT2D eigenvalue weighted by Gasteiger charge is -2.03. The summed E-state index contributed by atoms with van der Waals surface area (Å²) in [6.45, 7) is -2.23. The molecule has 0 unspecified atom stereocenters. The van der Waals surface area contributed by atoms with Crippen LogP contribution in [0, 0.1) is 0 Å². The molecule has 0 aliphatic heterocycles. The quantitative estimate of drug-likeness (QED) is 0.372. The summed E-state index contributed by atoms with van der Waals surface area (Å²) in [5.74, 6) is 0. The highest BCUT2D eigenvalue weighted by Gasteiger charge is 2.26. The lowest BCUT2D eigenvalue weighted by Crippen LogP contribution is -2.08. The molecular weight excluding hydrogens is 444 g/mol. The molecule has 0 aliphatic rings. The molecule has 0 rings (SSSR count). The minimum Gasteiger partial charge on any atom is -0.241 e. The Hall–Kier alpha value is 1.64. The van der Waals surface area contributed by atoms with Gasteiger partial charge in [0.25, 0.3) is 0 Å². The number of hydrogen-bond donors (Lipinski definition) is 0. The Bertz CT molecular complexity index is 92.6. The number of hydrogen-bond acceptors (Lipinski definition) is 0. The molecule has 12 heavy (non-hydrogen) atoms. The van der Waals surface area contributed by atoms with Crippen molar-refractivity contribution in [1.29, 1.82) is 0 Å². The molecule has 0 amide bonds. The van der Waals surface area contributed by atoms with Crippen LogP contribution in [0.25, 0.3) is 0 Å². The first-order chi connectivity index (χ1) is 5.12. The van der Waals surface area contributed by atoms with E-state index in [9.17, 15) is 17.6 Å². The Morgan fingerprint density at radius 2 is 1.17 bits per heavy atom. The fourth-order valence-corrected chi connectivity index (χ4v) is 0. The van der Waals surface area contributed by atoms with Crippen molar-refractivity contribution in [3.8, 4) is 0 Å². The predicted molar refractivity (Wildman–Crippen MR) is 55.3 cm³/mol. The average Bonchev–Trinajstić information content (AvgIpc) is 1.86. The molecule has 0 spiro atoms. The van der Waals surface area contributed by atoms with Gasteiger partial charge in [-0.2, -0.15) is 13.2 Å². The van der Waals surface area contributed by atoms with Gasteiger partial charge >= 0.3 is 6.18 Å². The summed E-state index contributed by atoms with van der Waals surface area (Å²) in [5, 5.41) is 0.833. The van der Waals surface area contributed by atoms with Crippen LogP contribution in [0.5, 0.6) is 0 Å². The maximum absolute atomic E-state index is 10.4. The lowest BCUT2D eigenvalue weighted by atomic mass is 10.8. The monoisotopic (exact) mass is 444 g/mol. The first-order valence-electron chi connectivity index (χ1n) is 2.38. The SMILES string of the molecule is BrCC(Br)(Br)Br.FCC(F)(F)F. The van der Waals surface area contributed by atoms with Crippen LogP contribution in [0.2, 0.25) is 0 Å². The van der Waals surface area contributed by atoms with Crippen molar-refractivity contribution in [1.82, 2.24) is 0 Å². The Kier molecular flexibility index (Phi) is 9.38. The van der Waals surface area contributed by atoms with Gasteiger partial charge in [0.1, 0.15) is 2.14 Å². The van der Waals surface area contributed by atoms with E-state index in [1.54, 1.807) is 0 Å². The highest BCUT2D eigenvalue weighted by atomic mass is 80.0. The summed E-state index contributed by atoms with van der Waals surface area (Å²) in [6.07, 6.45) is -4.62. The van der Waals surface area contributed by atoms with E-state index in [0.717, 1.165) is 5.33 Å². The first-order valence-corrected chi connectivity index (χ1v) is 5.88. The molecule has 0 saturated carbocycles. The predicted octanol–water partition coefficient (Wildman–Crippen LogP) is 4.74. The molecule has 0 heterocycles. The van der Waals surface area contributed by atoms with Crippen LogP contribution >= 0.6 is 63.7 Å². The zero-order valence-electron chi connectivity index (χ0n) is 5.44. The van der Waals surface area contributed by atoms with Gasteiger partial charge in [0.05, 0.1) is 0 Å². The number of rotatable bonds is 0. The molecule has 76 valence electrons. The van der Waals surface area contributed by atoms with Crippen molar-refractivity contribution in [2.24, 2.45) is 0 Å². The normalized spacial score (nSPS) is 12.0. The Balaban J connectivity index is 0. The van der Waals surface area contributed by atoms with E-state index >= 15 is 0 Å². The van der Waals surface area contributed by atoms with Gasteiger partial charge in [0.15, 0.2) is 6.67 Å². The van der Waals surface area contributed by atoms with Crippen molar-refractivity contribution < 1.29 is 17.6 Å². The minimum absolute atomic E-state index is 0.104. The van der Waals surface area contributed by atoms with Crippen LogP contribution in [-0.2, 0) is 0 Å². The Morgan fingerprint density at radius 3 is 1.17 bits per heavy atom. The topological polar surface area (TPSA) is 0 Å². The van der Waals surface area contributed by atoms with E-state index in [2.05, 4.69) is 63.7 Å². The second kappa shape index (κ2) is 7.00. The molecular formula is C4H4Br4F4. The highest BCUT2D eigenvalue weighted by molar-refractivity contribution is 9.40. The lowest BCUT2D eigenvalue weighted by molar-refractivity contribution is -0.142. The molecule has 0 aromatic rings. The second-order valence-electron chi connectivity index (χ2n) is 1.50. The summed E-state index contributed by atoms with van der Waals surface area (Å²) in [5.41, 5.74) is 0. The zero-order chi connectivity index (χ0) is 10.4. The van der Waals surface area contributed by atoms with Crippen LogP contribution in [0.3, 0.4) is 0 Å². The minimum atomic E-state index is -4.62. The van der Waals surface area contributed by atoms with Gasteiger partial charge in [-0.3, -0.25) is 0 Å². The van der Waals surface area contributed by atoms with Gasteiger partial charge in [0, 0.05) is 5.33 Å². The average molecular weight is 448 g/mol. The molecule has 0 aliphatic carbocycles. The van der Waals surface area contributed by atoms with Crippen LogP contribution in [0.15, 0.2) is 0 Å². The van der Waals surface area contributed by atoms with Gasteiger partial charge in [-0.05, 0) is 0 Å². The molecule has 0 N–H and O–H groups in total. The molecule has 0 aromatic heterocycles. The summed E-state index contributed by atoms with van der Waals surface area (Å²) in [6, 6.07) is 0. The van der Waals surface area contributed by atoms with Gasteiger partial charge in [-0.1, -0.05) is 63.7 Å². The van der Waals surface area contributed by atoms with Crippen LogP contribution in [0.4, 0.5) is 17.6 Å². The largest absolute Gasteiger partial charge is 0.416 e. The summed E-state index contributed by atoms with van der Waals surface area (Å²) < 4.78 is 41.5. The Labute approximate surface area is 101 Å². The van der Waals surface area contributed by atoms with Crippen molar-refractivity contribution in [2.75, 3.05) is 12.0 Å². The standard InChI is InChI=1S/C2H2Br4.C2H2F4/c2*3-1-2(4,5)6/h2*1H2. The van der Waals surface area contributed by atoms with E-state index in [4.69, 9.17) is 0 Å². The van der Waals surface area contributed by atoms with E-state index in [-0.39, 0.29) is 2.14 Å². The fraction of sp³-hybridized carbons (Fsp3) is 1.00. The molecule has 0 nitrogen and oxygen atoms in total. The third kappa shape index (κ3) is 22.6. The maximum atomic E-state index is 10.4. The van der Waals surface area contributed by atoms with E-state index in [1.807, 2.05) is 0 Å². The smallest absolute Gasteiger partial charge is 0.241 e. The van der Waals surface area contributed by atoms with Crippen LogP contribution in [0.1, 0.15) is 0 Å². The third-order valence-electron chi connectivity index (χ3n) is 0.303. The maximum Gasteiger partial charge on any atom is 0.416 e. The number of halogens is 8. The van der Waals surface area contributed by atoms with E-state index in [0.29, 0.717) is 0 Å². The van der Waals surface area contributed by atoms with Crippen molar-refractivity contribution in [3.05, 3.63) is 0 Å².